The standard InChI is InChI=1S/C14H22N2O3/c1-4-19-13(14(17)18)8-9-16(3)10-12-7-5-6-11(2)15-12/h5-7,13H,4,8-10H2,1-3H3,(H,17,18). The molecule has 5 heteroatoms. The van der Waals surface area contributed by atoms with Gasteiger partial charge in [0.1, 0.15) is 0 Å². The number of carbonyl (C=O) groups is 1. The molecular weight excluding hydrogens is 244 g/mol. The minimum atomic E-state index is -0.899. The van der Waals surface area contributed by atoms with Crippen LogP contribution in [-0.4, -0.2) is 47.3 Å². The van der Waals surface area contributed by atoms with E-state index in [-0.39, 0.29) is 0 Å². The SMILES string of the molecule is CCOC(CCN(C)Cc1cccc(C)n1)C(=O)O. The predicted molar refractivity (Wildman–Crippen MR) is 73.0 cm³/mol. The number of rotatable bonds is 8. The minimum absolute atomic E-state index is 0.417. The molecule has 1 aromatic heterocycles. The van der Waals surface area contributed by atoms with Gasteiger partial charge in [-0.15, -0.1) is 0 Å². The van der Waals surface area contributed by atoms with E-state index in [1.807, 2.05) is 32.2 Å². The second-order valence-corrected chi connectivity index (χ2v) is 4.58. The first kappa shape index (κ1) is 15.6. The molecule has 5 nitrogen and oxygen atoms in total. The number of hydrogen-bond acceptors (Lipinski definition) is 4. The zero-order valence-corrected chi connectivity index (χ0v) is 11.8. The van der Waals surface area contributed by atoms with Crippen molar-refractivity contribution in [3.63, 3.8) is 0 Å². The van der Waals surface area contributed by atoms with Gasteiger partial charge < -0.3 is 14.7 Å². The molecule has 0 aromatic carbocycles. The second kappa shape index (κ2) is 7.86. The van der Waals surface area contributed by atoms with Gasteiger partial charge in [0.15, 0.2) is 6.10 Å². The van der Waals surface area contributed by atoms with Gasteiger partial charge in [0, 0.05) is 25.4 Å². The predicted octanol–water partition coefficient (Wildman–Crippen LogP) is 1.70. The molecule has 19 heavy (non-hydrogen) atoms. The molecular formula is C14H22N2O3. The molecule has 0 aliphatic rings. The van der Waals surface area contributed by atoms with Crippen LogP contribution < -0.4 is 0 Å². The van der Waals surface area contributed by atoms with Crippen molar-refractivity contribution in [1.29, 1.82) is 0 Å². The van der Waals surface area contributed by atoms with Gasteiger partial charge >= 0.3 is 5.97 Å². The Bertz CT molecular complexity index is 409. The maximum Gasteiger partial charge on any atom is 0.332 e. The first-order chi connectivity index (χ1) is 9.02. The average Bonchev–Trinajstić information content (AvgIpc) is 2.34. The zero-order valence-electron chi connectivity index (χ0n) is 11.8. The van der Waals surface area contributed by atoms with Crippen LogP contribution in [0.2, 0.25) is 0 Å². The normalized spacial score (nSPS) is 12.6. The average molecular weight is 266 g/mol. The number of aryl methyl sites for hydroxylation is 1. The first-order valence-electron chi connectivity index (χ1n) is 6.48. The number of carboxylic acids is 1. The Morgan fingerprint density at radius 1 is 1.53 bits per heavy atom. The Balaban J connectivity index is 2.42. The van der Waals surface area contributed by atoms with Crippen LogP contribution in [0.1, 0.15) is 24.7 Å². The van der Waals surface area contributed by atoms with Crippen LogP contribution in [0.25, 0.3) is 0 Å². The highest BCUT2D eigenvalue weighted by molar-refractivity contribution is 5.72. The molecule has 1 unspecified atom stereocenters. The number of pyridine rings is 1. The van der Waals surface area contributed by atoms with Crippen LogP contribution in [0, 0.1) is 6.92 Å². The van der Waals surface area contributed by atoms with Crippen molar-refractivity contribution < 1.29 is 14.6 Å². The smallest absolute Gasteiger partial charge is 0.332 e. The summed E-state index contributed by atoms with van der Waals surface area (Å²) in [6.45, 7) is 5.54. The summed E-state index contributed by atoms with van der Waals surface area (Å²) in [7, 11) is 1.95. The summed E-state index contributed by atoms with van der Waals surface area (Å²) in [5, 5.41) is 8.99. The van der Waals surface area contributed by atoms with Gasteiger partial charge in [0.25, 0.3) is 0 Å². The Hall–Kier alpha value is -1.46. The lowest BCUT2D eigenvalue weighted by Crippen LogP contribution is -2.30. The van der Waals surface area contributed by atoms with Gasteiger partial charge in [0.2, 0.25) is 0 Å². The lowest BCUT2D eigenvalue weighted by atomic mass is 10.2. The van der Waals surface area contributed by atoms with Crippen molar-refractivity contribution in [2.75, 3.05) is 20.2 Å². The monoisotopic (exact) mass is 266 g/mol. The number of aliphatic carboxylic acids is 1. The van der Waals surface area contributed by atoms with Crippen LogP contribution in [0.3, 0.4) is 0 Å². The second-order valence-electron chi connectivity index (χ2n) is 4.58. The Labute approximate surface area is 114 Å². The van der Waals surface area contributed by atoms with E-state index in [0.29, 0.717) is 26.1 Å². The molecule has 0 aliphatic carbocycles. The fourth-order valence-corrected chi connectivity index (χ4v) is 1.86. The van der Waals surface area contributed by atoms with E-state index in [2.05, 4.69) is 9.88 Å². The van der Waals surface area contributed by atoms with Crippen LogP contribution in [-0.2, 0) is 16.1 Å². The molecule has 0 spiro atoms. The van der Waals surface area contributed by atoms with Crippen LogP contribution >= 0.6 is 0 Å². The summed E-state index contributed by atoms with van der Waals surface area (Å²) in [6.07, 6.45) is -0.246. The van der Waals surface area contributed by atoms with E-state index in [1.54, 1.807) is 6.92 Å². The number of ether oxygens (including phenoxy) is 1. The number of carboxylic acid groups (broad SMARTS) is 1. The molecule has 1 atom stereocenters. The third-order valence-corrected chi connectivity index (χ3v) is 2.79. The van der Waals surface area contributed by atoms with Crippen LogP contribution in [0.15, 0.2) is 18.2 Å². The van der Waals surface area contributed by atoms with E-state index < -0.39 is 12.1 Å². The quantitative estimate of drug-likeness (QED) is 0.776. The highest BCUT2D eigenvalue weighted by atomic mass is 16.5. The molecule has 0 amide bonds. The molecule has 0 saturated heterocycles. The Morgan fingerprint density at radius 3 is 2.84 bits per heavy atom. The highest BCUT2D eigenvalue weighted by Crippen LogP contribution is 2.05. The van der Waals surface area contributed by atoms with Gasteiger partial charge in [-0.1, -0.05) is 6.07 Å². The molecule has 1 rings (SSSR count). The molecule has 1 aromatic rings. The molecule has 0 bridgehead atoms. The van der Waals surface area contributed by atoms with Gasteiger partial charge in [-0.25, -0.2) is 4.79 Å². The summed E-state index contributed by atoms with van der Waals surface area (Å²) < 4.78 is 5.18. The van der Waals surface area contributed by atoms with E-state index in [9.17, 15) is 4.79 Å². The summed E-state index contributed by atoms with van der Waals surface area (Å²) in [5.41, 5.74) is 1.98. The number of hydrogen-bond donors (Lipinski definition) is 1. The fraction of sp³-hybridized carbons (Fsp3) is 0.571. The van der Waals surface area contributed by atoms with Crippen LogP contribution in [0.5, 0.6) is 0 Å². The number of aromatic nitrogens is 1. The topological polar surface area (TPSA) is 62.7 Å². The van der Waals surface area contributed by atoms with Crippen molar-refractivity contribution in [2.24, 2.45) is 0 Å². The molecule has 106 valence electrons. The van der Waals surface area contributed by atoms with Gasteiger partial charge in [-0.05, 0) is 39.4 Å². The molecule has 1 N–H and O–H groups in total. The van der Waals surface area contributed by atoms with Gasteiger partial charge in [-0.3, -0.25) is 4.98 Å². The minimum Gasteiger partial charge on any atom is -0.479 e. The molecule has 0 fully saturated rings. The zero-order chi connectivity index (χ0) is 14.3. The molecule has 0 aliphatic heterocycles. The fourth-order valence-electron chi connectivity index (χ4n) is 1.86. The lowest BCUT2D eigenvalue weighted by molar-refractivity contribution is -0.150. The Morgan fingerprint density at radius 2 is 2.26 bits per heavy atom. The van der Waals surface area contributed by atoms with Gasteiger partial charge in [0.05, 0.1) is 5.69 Å². The molecule has 0 saturated carbocycles. The maximum atomic E-state index is 10.9. The Kier molecular flexibility index (Phi) is 6.45. The van der Waals surface area contributed by atoms with Gasteiger partial charge in [-0.2, -0.15) is 0 Å². The van der Waals surface area contributed by atoms with Crippen LogP contribution in [0.4, 0.5) is 0 Å². The summed E-state index contributed by atoms with van der Waals surface area (Å²) in [4.78, 5) is 17.4. The third kappa shape index (κ3) is 5.81. The first-order valence-corrected chi connectivity index (χ1v) is 6.48. The van der Waals surface area contributed by atoms with Crippen molar-refractivity contribution in [3.05, 3.63) is 29.6 Å². The van der Waals surface area contributed by atoms with Crippen molar-refractivity contribution in [2.45, 2.75) is 32.9 Å². The lowest BCUT2D eigenvalue weighted by Gasteiger charge is -2.19. The number of nitrogens with zero attached hydrogens (tertiary/aromatic N) is 2. The summed E-state index contributed by atoms with van der Waals surface area (Å²) in [5.74, 6) is -0.899. The van der Waals surface area contributed by atoms with E-state index in [0.717, 1.165) is 11.4 Å². The molecule has 1 heterocycles. The van der Waals surface area contributed by atoms with Crippen molar-refractivity contribution in [3.8, 4) is 0 Å². The van der Waals surface area contributed by atoms with Crippen molar-refractivity contribution >= 4 is 5.97 Å². The highest BCUT2D eigenvalue weighted by Gasteiger charge is 2.17. The molecule has 0 radical (unpaired) electrons. The van der Waals surface area contributed by atoms with E-state index in [4.69, 9.17) is 9.84 Å². The third-order valence-electron chi connectivity index (χ3n) is 2.79. The van der Waals surface area contributed by atoms with E-state index >= 15 is 0 Å². The summed E-state index contributed by atoms with van der Waals surface area (Å²) in [6, 6.07) is 5.91. The maximum absolute atomic E-state index is 10.9. The summed E-state index contributed by atoms with van der Waals surface area (Å²) >= 11 is 0. The van der Waals surface area contributed by atoms with Crippen molar-refractivity contribution in [1.82, 2.24) is 9.88 Å². The largest absolute Gasteiger partial charge is 0.479 e. The van der Waals surface area contributed by atoms with E-state index in [1.165, 1.54) is 0 Å².